The van der Waals surface area contributed by atoms with Crippen molar-refractivity contribution < 1.29 is 0 Å². The van der Waals surface area contributed by atoms with E-state index >= 15 is 0 Å². The van der Waals surface area contributed by atoms with Crippen LogP contribution >= 0.6 is 0 Å². The van der Waals surface area contributed by atoms with Crippen LogP contribution < -0.4 is 5.32 Å². The lowest BCUT2D eigenvalue weighted by Gasteiger charge is -2.01. The summed E-state index contributed by atoms with van der Waals surface area (Å²) in [5.41, 5.74) is 1.49. The van der Waals surface area contributed by atoms with E-state index in [1.165, 1.54) is 0 Å². The molecular formula is C8H9N3. The van der Waals surface area contributed by atoms with Gasteiger partial charge in [0.25, 0.3) is 0 Å². The molecule has 3 nitrogen and oxygen atoms in total. The maximum atomic E-state index is 8.51. The molecule has 0 fully saturated rings. The van der Waals surface area contributed by atoms with Gasteiger partial charge in [0, 0.05) is 7.05 Å². The van der Waals surface area contributed by atoms with E-state index in [0.29, 0.717) is 5.69 Å². The molecular weight excluding hydrogens is 138 g/mol. The Hall–Kier alpha value is -1.56. The molecule has 56 valence electrons. The molecule has 0 bridgehead atoms. The fraction of sp³-hybridized carbons (Fsp3) is 0.250. The zero-order chi connectivity index (χ0) is 8.27. The zero-order valence-corrected chi connectivity index (χ0v) is 6.55. The Balaban J connectivity index is 3.15. The summed E-state index contributed by atoms with van der Waals surface area (Å²) in [4.78, 5) is 4.04. The Morgan fingerprint density at radius 3 is 2.82 bits per heavy atom. The van der Waals surface area contributed by atoms with E-state index in [2.05, 4.69) is 10.3 Å². The van der Waals surface area contributed by atoms with Gasteiger partial charge < -0.3 is 5.32 Å². The van der Waals surface area contributed by atoms with Gasteiger partial charge in [-0.15, -0.1) is 0 Å². The zero-order valence-electron chi connectivity index (χ0n) is 6.55. The largest absolute Gasteiger partial charge is 0.373 e. The maximum absolute atomic E-state index is 8.51. The summed E-state index contributed by atoms with van der Waals surface area (Å²) in [7, 11) is 1.79. The highest BCUT2D eigenvalue weighted by atomic mass is 15.0. The van der Waals surface area contributed by atoms with Crippen molar-refractivity contribution in [3.63, 3.8) is 0 Å². The lowest BCUT2D eigenvalue weighted by Crippen LogP contribution is -1.96. The second-order valence-electron chi connectivity index (χ2n) is 2.22. The molecule has 0 aliphatic heterocycles. The fourth-order valence-corrected chi connectivity index (χ4v) is 0.844. The van der Waals surface area contributed by atoms with Crippen LogP contribution in [0.5, 0.6) is 0 Å². The van der Waals surface area contributed by atoms with Gasteiger partial charge >= 0.3 is 0 Å². The summed E-state index contributed by atoms with van der Waals surface area (Å²) in [6.45, 7) is 1.94. The summed E-state index contributed by atoms with van der Waals surface area (Å²) < 4.78 is 0. The smallest absolute Gasteiger partial charge is 0.142 e. The van der Waals surface area contributed by atoms with E-state index in [-0.39, 0.29) is 0 Å². The normalized spacial score (nSPS) is 8.82. The lowest BCUT2D eigenvalue weighted by atomic mass is 10.2. The van der Waals surface area contributed by atoms with Gasteiger partial charge in [0.05, 0.1) is 0 Å². The molecule has 0 spiro atoms. The number of anilines is 1. The Kier molecular flexibility index (Phi) is 2.07. The molecule has 1 N–H and O–H groups in total. The van der Waals surface area contributed by atoms with Gasteiger partial charge in [-0.2, -0.15) is 5.26 Å². The molecule has 0 aliphatic carbocycles. The van der Waals surface area contributed by atoms with E-state index in [4.69, 9.17) is 5.26 Å². The lowest BCUT2D eigenvalue weighted by molar-refractivity contribution is 1.20. The van der Waals surface area contributed by atoms with Crippen molar-refractivity contribution in [3.8, 4) is 6.07 Å². The molecule has 0 unspecified atom stereocenters. The second-order valence-corrected chi connectivity index (χ2v) is 2.22. The Morgan fingerprint density at radius 1 is 1.55 bits per heavy atom. The van der Waals surface area contributed by atoms with Crippen molar-refractivity contribution >= 4 is 5.82 Å². The standard InChI is InChI=1S/C8H9N3/c1-6-3-4-7(5-9)11-8(6)10-2/h3-4H,1-2H3,(H,10,11). The predicted octanol–water partition coefficient (Wildman–Crippen LogP) is 1.30. The first-order chi connectivity index (χ1) is 5.27. The number of hydrogen-bond donors (Lipinski definition) is 1. The van der Waals surface area contributed by atoms with Crippen LogP contribution in [-0.4, -0.2) is 12.0 Å². The number of aromatic nitrogens is 1. The van der Waals surface area contributed by atoms with Gasteiger partial charge in [0.1, 0.15) is 17.6 Å². The molecule has 0 amide bonds. The molecule has 3 heteroatoms. The molecule has 0 saturated heterocycles. The molecule has 0 aromatic carbocycles. The molecule has 1 aromatic heterocycles. The highest BCUT2D eigenvalue weighted by molar-refractivity contribution is 5.45. The van der Waals surface area contributed by atoms with E-state index in [1.807, 2.05) is 19.1 Å². The number of nitriles is 1. The van der Waals surface area contributed by atoms with Crippen LogP contribution in [0.1, 0.15) is 11.3 Å². The third-order valence-electron chi connectivity index (χ3n) is 1.45. The number of nitrogens with one attached hydrogen (secondary N) is 1. The van der Waals surface area contributed by atoms with Gasteiger partial charge in [0.2, 0.25) is 0 Å². The average Bonchev–Trinajstić information content (AvgIpc) is 2.05. The van der Waals surface area contributed by atoms with E-state index in [0.717, 1.165) is 11.4 Å². The number of pyridine rings is 1. The first kappa shape index (κ1) is 7.55. The van der Waals surface area contributed by atoms with E-state index in [1.54, 1.807) is 13.1 Å². The van der Waals surface area contributed by atoms with Crippen molar-refractivity contribution in [3.05, 3.63) is 23.4 Å². The van der Waals surface area contributed by atoms with Gasteiger partial charge in [-0.05, 0) is 18.6 Å². The second kappa shape index (κ2) is 3.02. The minimum atomic E-state index is 0.444. The van der Waals surface area contributed by atoms with Crippen LogP contribution in [0, 0.1) is 18.3 Å². The van der Waals surface area contributed by atoms with Crippen molar-refractivity contribution in [2.24, 2.45) is 0 Å². The summed E-state index contributed by atoms with van der Waals surface area (Å²) >= 11 is 0. The van der Waals surface area contributed by atoms with Crippen LogP contribution in [0.3, 0.4) is 0 Å². The van der Waals surface area contributed by atoms with Gasteiger partial charge in [0.15, 0.2) is 0 Å². The summed E-state index contributed by atoms with van der Waals surface area (Å²) in [6.07, 6.45) is 0. The third-order valence-corrected chi connectivity index (χ3v) is 1.45. The van der Waals surface area contributed by atoms with Crippen LogP contribution in [0.2, 0.25) is 0 Å². The SMILES string of the molecule is CNc1nc(C#N)ccc1C. The van der Waals surface area contributed by atoms with Gasteiger partial charge in [-0.1, -0.05) is 6.07 Å². The van der Waals surface area contributed by atoms with Gasteiger partial charge in [-0.25, -0.2) is 4.98 Å². The predicted molar refractivity (Wildman–Crippen MR) is 43.2 cm³/mol. The highest BCUT2D eigenvalue weighted by Gasteiger charge is 1.97. The van der Waals surface area contributed by atoms with Crippen LogP contribution in [0.4, 0.5) is 5.82 Å². The van der Waals surface area contributed by atoms with Crippen molar-refractivity contribution in [1.82, 2.24) is 4.98 Å². The minimum Gasteiger partial charge on any atom is -0.373 e. The number of hydrogen-bond acceptors (Lipinski definition) is 3. The highest BCUT2D eigenvalue weighted by Crippen LogP contribution is 2.09. The minimum absolute atomic E-state index is 0.444. The average molecular weight is 147 g/mol. The molecule has 0 aliphatic rings. The fourth-order valence-electron chi connectivity index (χ4n) is 0.844. The van der Waals surface area contributed by atoms with Crippen molar-refractivity contribution in [1.29, 1.82) is 5.26 Å². The van der Waals surface area contributed by atoms with Crippen molar-refractivity contribution in [2.75, 3.05) is 12.4 Å². The Bertz CT molecular complexity index is 299. The van der Waals surface area contributed by atoms with Crippen LogP contribution in [0.25, 0.3) is 0 Å². The topological polar surface area (TPSA) is 48.7 Å². The number of nitrogens with zero attached hydrogens (tertiary/aromatic N) is 2. The van der Waals surface area contributed by atoms with E-state index < -0.39 is 0 Å². The Labute approximate surface area is 65.7 Å². The summed E-state index contributed by atoms with van der Waals surface area (Å²) in [6, 6.07) is 5.55. The molecule has 1 aromatic rings. The summed E-state index contributed by atoms with van der Waals surface area (Å²) in [5.74, 6) is 0.768. The molecule has 0 saturated carbocycles. The first-order valence-corrected chi connectivity index (χ1v) is 3.33. The maximum Gasteiger partial charge on any atom is 0.142 e. The molecule has 1 rings (SSSR count). The summed E-state index contributed by atoms with van der Waals surface area (Å²) in [5, 5.41) is 11.4. The monoisotopic (exact) mass is 147 g/mol. The number of aryl methyl sites for hydroxylation is 1. The Morgan fingerprint density at radius 2 is 2.27 bits per heavy atom. The number of rotatable bonds is 1. The van der Waals surface area contributed by atoms with Crippen LogP contribution in [-0.2, 0) is 0 Å². The quantitative estimate of drug-likeness (QED) is 0.651. The van der Waals surface area contributed by atoms with Gasteiger partial charge in [-0.3, -0.25) is 0 Å². The molecule has 1 heterocycles. The van der Waals surface area contributed by atoms with E-state index in [9.17, 15) is 0 Å². The third kappa shape index (κ3) is 1.47. The molecule has 11 heavy (non-hydrogen) atoms. The molecule has 0 radical (unpaired) electrons. The molecule has 0 atom stereocenters. The first-order valence-electron chi connectivity index (χ1n) is 3.33. The van der Waals surface area contributed by atoms with Crippen LogP contribution in [0.15, 0.2) is 12.1 Å². The van der Waals surface area contributed by atoms with Crippen molar-refractivity contribution in [2.45, 2.75) is 6.92 Å².